The van der Waals surface area contributed by atoms with Crippen molar-refractivity contribution in [3.63, 3.8) is 0 Å². The number of anilines is 2. The van der Waals surface area contributed by atoms with Gasteiger partial charge in [-0.15, -0.1) is 5.10 Å². The number of nitrogens with one attached hydrogen (secondary N) is 1. The van der Waals surface area contributed by atoms with Gasteiger partial charge in [0.05, 0.1) is 35.2 Å². The van der Waals surface area contributed by atoms with Crippen molar-refractivity contribution in [2.75, 3.05) is 37.0 Å². The fraction of sp³-hybridized carbons (Fsp3) is 0.435. The molecule has 1 aromatic carbocycles. The number of rotatable bonds is 7. The molecule has 3 aromatic rings. The third-order valence-corrected chi connectivity index (χ3v) is 5.79. The number of β-amino-alcohol motifs (C(OH)–C–C–N with tert-alkyl or cyclic N) is 1. The summed E-state index contributed by atoms with van der Waals surface area (Å²) in [6, 6.07) is 7.98. The van der Waals surface area contributed by atoms with Crippen LogP contribution in [0.5, 0.6) is 0 Å². The van der Waals surface area contributed by atoms with Gasteiger partial charge in [-0.3, -0.25) is 4.98 Å². The highest BCUT2D eigenvalue weighted by atomic mass is 19.3. The second-order valence-electron chi connectivity index (χ2n) is 8.24. The monoisotopic (exact) mass is 443 g/mol. The Hall–Kier alpha value is -2.91. The highest BCUT2D eigenvalue weighted by Gasteiger charge is 2.32. The number of ether oxygens (including phenoxy) is 1. The van der Waals surface area contributed by atoms with Crippen molar-refractivity contribution < 1.29 is 18.6 Å². The van der Waals surface area contributed by atoms with E-state index in [4.69, 9.17) is 0 Å². The van der Waals surface area contributed by atoms with E-state index in [1.165, 1.54) is 19.2 Å². The van der Waals surface area contributed by atoms with E-state index in [0.29, 0.717) is 23.6 Å². The van der Waals surface area contributed by atoms with Crippen LogP contribution in [0.3, 0.4) is 0 Å². The van der Waals surface area contributed by atoms with Crippen molar-refractivity contribution in [2.45, 2.75) is 38.3 Å². The Kier molecular flexibility index (Phi) is 6.21. The Bertz CT molecular complexity index is 1110. The maximum absolute atomic E-state index is 14.3. The molecular formula is C23H27F2N5O2. The van der Waals surface area contributed by atoms with E-state index in [1.807, 2.05) is 19.9 Å². The van der Waals surface area contributed by atoms with E-state index in [2.05, 4.69) is 30.1 Å². The Balaban J connectivity index is 1.64. The second kappa shape index (κ2) is 8.91. The molecule has 170 valence electrons. The molecule has 0 spiro atoms. The molecule has 1 fully saturated rings. The number of alkyl halides is 2. The molecule has 3 heterocycles. The van der Waals surface area contributed by atoms with Gasteiger partial charge in [0.1, 0.15) is 6.61 Å². The summed E-state index contributed by atoms with van der Waals surface area (Å²) in [6.45, 7) is 4.37. The van der Waals surface area contributed by atoms with Gasteiger partial charge in [0.25, 0.3) is 5.92 Å². The van der Waals surface area contributed by atoms with Crippen LogP contribution >= 0.6 is 0 Å². The lowest BCUT2D eigenvalue weighted by Gasteiger charge is -2.21. The van der Waals surface area contributed by atoms with Crippen LogP contribution in [0.1, 0.15) is 36.2 Å². The second-order valence-corrected chi connectivity index (χ2v) is 8.24. The SMILES string of the molecule is COCC(F)(F)c1cccc([C@@H](C)Nc2nnc(C)c3ncc(N4CC[C@H](O)C4)cc23)c1. The fourth-order valence-corrected chi connectivity index (χ4v) is 3.99. The summed E-state index contributed by atoms with van der Waals surface area (Å²) in [5, 5.41) is 22.5. The van der Waals surface area contributed by atoms with Crippen LogP contribution in [0.25, 0.3) is 10.9 Å². The predicted octanol–water partition coefficient (Wildman–Crippen LogP) is 3.82. The maximum Gasteiger partial charge on any atom is 0.296 e. The molecule has 0 unspecified atom stereocenters. The van der Waals surface area contributed by atoms with E-state index in [9.17, 15) is 13.9 Å². The van der Waals surface area contributed by atoms with Gasteiger partial charge in [0.2, 0.25) is 0 Å². The number of benzene rings is 1. The van der Waals surface area contributed by atoms with E-state index in [0.717, 1.165) is 29.6 Å². The number of aliphatic hydroxyl groups is 1. The number of pyridine rings is 1. The van der Waals surface area contributed by atoms with E-state index >= 15 is 0 Å². The van der Waals surface area contributed by atoms with Gasteiger partial charge in [-0.2, -0.15) is 13.9 Å². The Labute approximate surface area is 185 Å². The summed E-state index contributed by atoms with van der Waals surface area (Å²) < 4.78 is 33.3. The molecule has 0 aliphatic carbocycles. The molecule has 1 saturated heterocycles. The van der Waals surface area contributed by atoms with Crippen LogP contribution in [0, 0.1) is 6.92 Å². The molecule has 2 aromatic heterocycles. The smallest absolute Gasteiger partial charge is 0.296 e. The number of nitrogens with zero attached hydrogens (tertiary/aromatic N) is 4. The van der Waals surface area contributed by atoms with Gasteiger partial charge >= 0.3 is 0 Å². The lowest BCUT2D eigenvalue weighted by atomic mass is 10.0. The largest absolute Gasteiger partial charge is 0.391 e. The Morgan fingerprint density at radius 2 is 2.12 bits per heavy atom. The molecule has 2 atom stereocenters. The fourth-order valence-electron chi connectivity index (χ4n) is 3.99. The quantitative estimate of drug-likeness (QED) is 0.574. The van der Waals surface area contributed by atoms with Gasteiger partial charge in [0.15, 0.2) is 5.82 Å². The van der Waals surface area contributed by atoms with Crippen molar-refractivity contribution in [3.8, 4) is 0 Å². The average molecular weight is 443 g/mol. The molecule has 4 rings (SSSR count). The minimum Gasteiger partial charge on any atom is -0.391 e. The summed E-state index contributed by atoms with van der Waals surface area (Å²) in [7, 11) is 1.26. The summed E-state index contributed by atoms with van der Waals surface area (Å²) >= 11 is 0. The third-order valence-electron chi connectivity index (χ3n) is 5.79. The number of fused-ring (bicyclic) bond motifs is 1. The summed E-state index contributed by atoms with van der Waals surface area (Å²) in [6.07, 6.45) is 2.16. The maximum atomic E-state index is 14.3. The molecular weight excluding hydrogens is 416 g/mol. The van der Waals surface area contributed by atoms with Crippen LogP contribution in [-0.4, -0.2) is 53.2 Å². The molecule has 32 heavy (non-hydrogen) atoms. The van der Waals surface area contributed by atoms with Crippen LogP contribution in [0.2, 0.25) is 0 Å². The zero-order valence-electron chi connectivity index (χ0n) is 18.3. The first kappa shape index (κ1) is 22.3. The predicted molar refractivity (Wildman–Crippen MR) is 119 cm³/mol. The zero-order chi connectivity index (χ0) is 22.9. The first-order valence-corrected chi connectivity index (χ1v) is 10.6. The number of aryl methyl sites for hydroxylation is 1. The summed E-state index contributed by atoms with van der Waals surface area (Å²) in [4.78, 5) is 6.66. The minimum absolute atomic E-state index is 0.0955. The van der Waals surface area contributed by atoms with Crippen molar-refractivity contribution >= 4 is 22.4 Å². The average Bonchev–Trinajstić information content (AvgIpc) is 3.22. The Morgan fingerprint density at radius 3 is 2.84 bits per heavy atom. The highest BCUT2D eigenvalue weighted by molar-refractivity contribution is 5.92. The third kappa shape index (κ3) is 4.49. The van der Waals surface area contributed by atoms with Crippen LogP contribution in [-0.2, 0) is 10.7 Å². The molecule has 1 aliphatic heterocycles. The minimum atomic E-state index is -3.07. The molecule has 0 bridgehead atoms. The first-order chi connectivity index (χ1) is 15.3. The van der Waals surface area contributed by atoms with E-state index < -0.39 is 12.5 Å². The van der Waals surface area contributed by atoms with Crippen molar-refractivity contribution in [2.24, 2.45) is 0 Å². The lowest BCUT2D eigenvalue weighted by Crippen LogP contribution is -2.21. The Morgan fingerprint density at radius 1 is 1.31 bits per heavy atom. The summed E-state index contributed by atoms with van der Waals surface area (Å²) in [5.41, 5.74) is 2.92. The number of halogens is 2. The summed E-state index contributed by atoms with van der Waals surface area (Å²) in [5.74, 6) is -2.54. The van der Waals surface area contributed by atoms with Gasteiger partial charge in [-0.1, -0.05) is 18.2 Å². The highest BCUT2D eigenvalue weighted by Crippen LogP contribution is 2.32. The first-order valence-electron chi connectivity index (χ1n) is 10.6. The number of aliphatic hydroxyl groups excluding tert-OH is 1. The van der Waals surface area contributed by atoms with Gasteiger partial charge < -0.3 is 20.1 Å². The zero-order valence-corrected chi connectivity index (χ0v) is 18.3. The normalized spacial score (nSPS) is 17.7. The van der Waals surface area contributed by atoms with Crippen molar-refractivity contribution in [1.82, 2.24) is 15.2 Å². The van der Waals surface area contributed by atoms with Crippen molar-refractivity contribution in [1.29, 1.82) is 0 Å². The van der Waals surface area contributed by atoms with Crippen LogP contribution in [0.15, 0.2) is 36.5 Å². The molecule has 0 radical (unpaired) electrons. The van der Waals surface area contributed by atoms with Crippen LogP contribution < -0.4 is 10.2 Å². The molecule has 7 nitrogen and oxygen atoms in total. The van der Waals surface area contributed by atoms with Crippen LogP contribution in [0.4, 0.5) is 20.3 Å². The van der Waals surface area contributed by atoms with E-state index in [1.54, 1.807) is 18.3 Å². The van der Waals surface area contributed by atoms with E-state index in [-0.39, 0.29) is 17.7 Å². The van der Waals surface area contributed by atoms with Gasteiger partial charge in [-0.25, -0.2) is 0 Å². The number of aromatic nitrogens is 3. The number of hydrogen-bond acceptors (Lipinski definition) is 7. The molecule has 2 N–H and O–H groups in total. The standard InChI is InChI=1S/C23H27F2N5O2/c1-14(16-5-4-6-17(9-16)23(24,25)13-32-3)27-22-20-10-18(30-8-7-19(31)12-30)11-26-21(20)15(2)28-29-22/h4-6,9-11,14,19,31H,7-8,12-13H2,1-3H3,(H,27,29)/t14-,19+/m1/s1. The molecule has 9 heteroatoms. The number of hydrogen-bond donors (Lipinski definition) is 2. The molecule has 1 aliphatic rings. The topological polar surface area (TPSA) is 83.4 Å². The van der Waals surface area contributed by atoms with Gasteiger partial charge in [-0.05, 0) is 38.0 Å². The number of methoxy groups -OCH3 is 1. The molecule has 0 saturated carbocycles. The van der Waals surface area contributed by atoms with Gasteiger partial charge in [0, 0.05) is 31.1 Å². The van der Waals surface area contributed by atoms with Crippen molar-refractivity contribution in [3.05, 3.63) is 53.3 Å². The lowest BCUT2D eigenvalue weighted by molar-refractivity contribution is -0.0698. The molecule has 0 amide bonds.